The quantitative estimate of drug-likeness (QED) is 0.695. The lowest BCUT2D eigenvalue weighted by Crippen LogP contribution is -2.33. The first-order chi connectivity index (χ1) is 9.15. The van der Waals surface area contributed by atoms with Gasteiger partial charge in [-0.05, 0) is 37.3 Å². The molecule has 20 heavy (non-hydrogen) atoms. The van der Waals surface area contributed by atoms with E-state index in [-0.39, 0.29) is 17.1 Å². The summed E-state index contributed by atoms with van der Waals surface area (Å²) in [6, 6.07) is 3.52. The number of sulfonamides is 1. The van der Waals surface area contributed by atoms with Crippen LogP contribution in [0.1, 0.15) is 31.4 Å². The maximum absolute atomic E-state index is 12.3. The highest BCUT2D eigenvalue weighted by Crippen LogP contribution is 2.25. The van der Waals surface area contributed by atoms with E-state index in [9.17, 15) is 13.5 Å². The number of aryl methyl sites for hydroxylation is 2. The van der Waals surface area contributed by atoms with Crippen LogP contribution in [0.3, 0.4) is 0 Å². The van der Waals surface area contributed by atoms with Gasteiger partial charge in [-0.15, -0.1) is 0 Å². The molecule has 1 atom stereocenters. The Bertz CT molecular complexity index is 568. The van der Waals surface area contributed by atoms with Crippen LogP contribution in [-0.2, 0) is 10.0 Å². The molecule has 1 aromatic carbocycles. The zero-order chi connectivity index (χ0) is 15.5. The van der Waals surface area contributed by atoms with E-state index in [4.69, 9.17) is 5.73 Å². The summed E-state index contributed by atoms with van der Waals surface area (Å²) >= 11 is 0. The monoisotopic (exact) mass is 300 g/mol. The van der Waals surface area contributed by atoms with Gasteiger partial charge in [0.2, 0.25) is 10.0 Å². The molecule has 0 fully saturated rings. The van der Waals surface area contributed by atoms with Crippen LogP contribution in [0, 0.1) is 19.8 Å². The van der Waals surface area contributed by atoms with E-state index in [0.29, 0.717) is 17.9 Å². The average molecular weight is 300 g/mol. The molecule has 0 aliphatic rings. The van der Waals surface area contributed by atoms with Gasteiger partial charge in [0.05, 0.1) is 11.8 Å². The first kappa shape index (κ1) is 16.9. The fourth-order valence-corrected chi connectivity index (χ4v) is 3.57. The van der Waals surface area contributed by atoms with Gasteiger partial charge in [0.25, 0.3) is 0 Å². The largest absolute Gasteiger partial charge is 0.397 e. The minimum absolute atomic E-state index is 0.00661. The number of aliphatic hydroxyl groups excluding tert-OH is 1. The van der Waals surface area contributed by atoms with E-state index >= 15 is 0 Å². The Balaban J connectivity index is 2.93. The number of benzene rings is 1. The Morgan fingerprint density at radius 3 is 2.35 bits per heavy atom. The Hall–Kier alpha value is -1.11. The van der Waals surface area contributed by atoms with Crippen LogP contribution in [0.4, 0.5) is 5.69 Å². The number of aliphatic hydroxyl groups is 1. The Labute approximate surface area is 121 Å². The molecule has 0 saturated carbocycles. The van der Waals surface area contributed by atoms with Crippen LogP contribution in [0.25, 0.3) is 0 Å². The summed E-state index contributed by atoms with van der Waals surface area (Å²) in [5, 5.41) is 9.76. The summed E-state index contributed by atoms with van der Waals surface area (Å²) in [6.07, 6.45) is -0.152. The van der Waals surface area contributed by atoms with Gasteiger partial charge in [-0.1, -0.05) is 26.0 Å². The molecule has 0 bridgehead atoms. The second-order valence-electron chi connectivity index (χ2n) is 5.58. The second-order valence-corrected chi connectivity index (χ2v) is 7.28. The molecule has 1 unspecified atom stereocenters. The molecule has 0 heterocycles. The number of rotatable bonds is 6. The molecule has 1 aromatic rings. The van der Waals surface area contributed by atoms with Crippen molar-refractivity contribution in [2.24, 2.45) is 5.92 Å². The van der Waals surface area contributed by atoms with E-state index in [1.165, 1.54) is 0 Å². The van der Waals surface area contributed by atoms with Crippen molar-refractivity contribution in [2.75, 3.05) is 12.3 Å². The molecule has 1 rings (SSSR count). The number of nitrogens with one attached hydrogen (secondary N) is 1. The zero-order valence-corrected chi connectivity index (χ0v) is 13.3. The van der Waals surface area contributed by atoms with Crippen LogP contribution in [0.5, 0.6) is 0 Å². The van der Waals surface area contributed by atoms with Crippen LogP contribution >= 0.6 is 0 Å². The number of hydrogen-bond donors (Lipinski definition) is 3. The molecule has 0 saturated heterocycles. The molecular weight excluding hydrogens is 276 g/mol. The topological polar surface area (TPSA) is 92.4 Å². The van der Waals surface area contributed by atoms with Gasteiger partial charge in [0, 0.05) is 6.54 Å². The smallest absolute Gasteiger partial charge is 0.242 e. The minimum atomic E-state index is -3.71. The van der Waals surface area contributed by atoms with Crippen molar-refractivity contribution in [3.8, 4) is 0 Å². The van der Waals surface area contributed by atoms with Crippen LogP contribution < -0.4 is 10.5 Å². The summed E-state index contributed by atoms with van der Waals surface area (Å²) in [5.74, 6) is 0.306. The maximum atomic E-state index is 12.3. The molecule has 0 amide bonds. The summed E-state index contributed by atoms with van der Waals surface area (Å²) in [5.41, 5.74) is 7.45. The van der Waals surface area contributed by atoms with Gasteiger partial charge >= 0.3 is 0 Å². The van der Waals surface area contributed by atoms with Gasteiger partial charge in [0.15, 0.2) is 0 Å². The fourth-order valence-electron chi connectivity index (χ4n) is 2.07. The third-order valence-electron chi connectivity index (χ3n) is 3.13. The molecule has 114 valence electrons. The lowest BCUT2D eigenvalue weighted by molar-refractivity contribution is 0.152. The van der Waals surface area contributed by atoms with Crippen molar-refractivity contribution >= 4 is 15.7 Å². The van der Waals surface area contributed by atoms with Gasteiger partial charge in [-0.2, -0.15) is 0 Å². The summed E-state index contributed by atoms with van der Waals surface area (Å²) < 4.78 is 27.1. The third-order valence-corrected chi connectivity index (χ3v) is 4.76. The molecule has 0 aliphatic heterocycles. The average Bonchev–Trinajstić information content (AvgIpc) is 2.31. The van der Waals surface area contributed by atoms with E-state index < -0.39 is 16.1 Å². The lowest BCUT2D eigenvalue weighted by Gasteiger charge is -2.16. The molecular formula is C14H24N2O3S. The van der Waals surface area contributed by atoms with Crippen molar-refractivity contribution in [2.45, 2.75) is 45.1 Å². The van der Waals surface area contributed by atoms with Crippen molar-refractivity contribution in [3.63, 3.8) is 0 Å². The van der Waals surface area contributed by atoms with Gasteiger partial charge in [-0.3, -0.25) is 0 Å². The van der Waals surface area contributed by atoms with Crippen LogP contribution in [-0.4, -0.2) is 26.2 Å². The van der Waals surface area contributed by atoms with Gasteiger partial charge in [-0.25, -0.2) is 13.1 Å². The van der Waals surface area contributed by atoms with Gasteiger partial charge < -0.3 is 10.8 Å². The fraction of sp³-hybridized carbons (Fsp3) is 0.571. The summed E-state index contributed by atoms with van der Waals surface area (Å²) in [6.45, 7) is 7.41. The SMILES string of the molecule is Cc1ccc(C)c(S(=O)(=O)NCC(O)CC(C)C)c1N. The number of hydrogen-bond acceptors (Lipinski definition) is 4. The molecule has 0 aromatic heterocycles. The second kappa shape index (κ2) is 6.56. The number of anilines is 1. The van der Waals surface area contributed by atoms with E-state index in [2.05, 4.69) is 4.72 Å². The van der Waals surface area contributed by atoms with Crippen molar-refractivity contribution < 1.29 is 13.5 Å². The van der Waals surface area contributed by atoms with E-state index in [1.54, 1.807) is 26.0 Å². The van der Waals surface area contributed by atoms with Gasteiger partial charge in [0.1, 0.15) is 4.90 Å². The molecule has 5 nitrogen and oxygen atoms in total. The number of nitrogens with two attached hydrogens (primary N) is 1. The third kappa shape index (κ3) is 4.19. The lowest BCUT2D eigenvalue weighted by atomic mass is 10.1. The van der Waals surface area contributed by atoms with Crippen LogP contribution in [0.2, 0.25) is 0 Å². The highest BCUT2D eigenvalue weighted by atomic mass is 32.2. The van der Waals surface area contributed by atoms with E-state index in [1.807, 2.05) is 13.8 Å². The highest BCUT2D eigenvalue weighted by Gasteiger charge is 2.22. The Kier molecular flexibility index (Phi) is 5.56. The Morgan fingerprint density at radius 1 is 1.25 bits per heavy atom. The standard InChI is InChI=1S/C14H24N2O3S/c1-9(2)7-12(17)8-16-20(18,19)14-11(4)6-5-10(3)13(14)15/h5-6,9,12,16-17H,7-8,15H2,1-4H3. The zero-order valence-electron chi connectivity index (χ0n) is 12.5. The van der Waals surface area contributed by atoms with Crippen molar-refractivity contribution in [3.05, 3.63) is 23.3 Å². The van der Waals surface area contributed by atoms with Crippen LogP contribution in [0.15, 0.2) is 17.0 Å². The van der Waals surface area contributed by atoms with Crippen molar-refractivity contribution in [1.82, 2.24) is 4.72 Å². The predicted molar refractivity (Wildman–Crippen MR) is 81.0 cm³/mol. The first-order valence-corrected chi connectivity index (χ1v) is 8.17. The molecule has 6 heteroatoms. The minimum Gasteiger partial charge on any atom is -0.397 e. The molecule has 0 spiro atoms. The molecule has 4 N–H and O–H groups in total. The summed E-state index contributed by atoms with van der Waals surface area (Å²) in [7, 11) is -3.71. The normalized spacial score (nSPS) is 13.7. The number of nitrogen functional groups attached to an aromatic ring is 1. The van der Waals surface area contributed by atoms with Crippen molar-refractivity contribution in [1.29, 1.82) is 0 Å². The Morgan fingerprint density at radius 2 is 1.80 bits per heavy atom. The molecule has 0 aliphatic carbocycles. The maximum Gasteiger partial charge on any atom is 0.242 e. The first-order valence-electron chi connectivity index (χ1n) is 6.68. The van der Waals surface area contributed by atoms with E-state index in [0.717, 1.165) is 5.56 Å². The highest BCUT2D eigenvalue weighted by molar-refractivity contribution is 7.89. The predicted octanol–water partition coefficient (Wildman–Crippen LogP) is 1.57. The summed E-state index contributed by atoms with van der Waals surface area (Å²) in [4.78, 5) is 0.106. The molecule has 0 radical (unpaired) electrons.